The molecule has 70 valence electrons. The Morgan fingerprint density at radius 3 is 2.69 bits per heavy atom. The lowest BCUT2D eigenvalue weighted by molar-refractivity contribution is -0.151. The van der Waals surface area contributed by atoms with E-state index in [1.165, 1.54) is 0 Å². The molecule has 2 N–H and O–H groups in total. The largest absolute Gasteiger partial charge is 0.354 e. The third kappa shape index (κ3) is 1.88. The number of hydrogen-bond donors (Lipinski definition) is 1. The molecule has 1 saturated heterocycles. The van der Waals surface area contributed by atoms with Crippen LogP contribution in [0.4, 0.5) is 0 Å². The molecule has 1 fully saturated rings. The second kappa shape index (κ2) is 3.87. The number of hydrogen-bond acceptors (Lipinski definition) is 3. The lowest BCUT2D eigenvalue weighted by Crippen LogP contribution is -2.39. The van der Waals surface area contributed by atoms with Gasteiger partial charge in [0.2, 0.25) is 0 Å². The highest BCUT2D eigenvalue weighted by Gasteiger charge is 2.24. The van der Waals surface area contributed by atoms with Gasteiger partial charge in [0.1, 0.15) is 12.9 Å². The molecule has 1 aliphatic rings. The molecule has 0 aliphatic carbocycles. The summed E-state index contributed by atoms with van der Waals surface area (Å²) in [6.45, 7) is 0.910. The minimum absolute atomic E-state index is 0.0186. The van der Waals surface area contributed by atoms with Gasteiger partial charge in [0, 0.05) is 0 Å². The molecule has 3 heteroatoms. The maximum absolute atomic E-state index is 5.86. The van der Waals surface area contributed by atoms with Crippen LogP contribution in [0.2, 0.25) is 0 Å². The van der Waals surface area contributed by atoms with Gasteiger partial charge in [-0.3, -0.25) is 0 Å². The fraction of sp³-hybridized carbons (Fsp3) is 0.400. The van der Waals surface area contributed by atoms with Gasteiger partial charge in [0.25, 0.3) is 0 Å². The summed E-state index contributed by atoms with van der Waals surface area (Å²) in [5, 5.41) is 0. The van der Waals surface area contributed by atoms with Gasteiger partial charge in [-0.25, -0.2) is 0 Å². The van der Waals surface area contributed by atoms with Crippen molar-refractivity contribution in [3.8, 4) is 0 Å². The zero-order valence-electron chi connectivity index (χ0n) is 7.35. The van der Waals surface area contributed by atoms with Crippen LogP contribution >= 0.6 is 0 Å². The van der Waals surface area contributed by atoms with E-state index < -0.39 is 0 Å². The normalized spacial score (nSPS) is 28.7. The van der Waals surface area contributed by atoms with Crippen LogP contribution in [0.25, 0.3) is 0 Å². The van der Waals surface area contributed by atoms with Gasteiger partial charge in [-0.05, 0) is 5.56 Å². The molecule has 1 heterocycles. The molecule has 0 unspecified atom stereocenters. The van der Waals surface area contributed by atoms with Gasteiger partial charge in [-0.2, -0.15) is 0 Å². The molecular formula is C10H13NO2. The first-order valence-electron chi connectivity index (χ1n) is 4.38. The highest BCUT2D eigenvalue weighted by atomic mass is 16.7. The van der Waals surface area contributed by atoms with Crippen LogP contribution in [0.3, 0.4) is 0 Å². The second-order valence-electron chi connectivity index (χ2n) is 3.15. The molecule has 0 amide bonds. The second-order valence-corrected chi connectivity index (χ2v) is 3.15. The fourth-order valence-electron chi connectivity index (χ4n) is 1.50. The molecule has 2 rings (SSSR count). The Morgan fingerprint density at radius 2 is 2.00 bits per heavy atom. The van der Waals surface area contributed by atoms with Crippen molar-refractivity contribution < 1.29 is 9.47 Å². The first-order chi connectivity index (χ1) is 6.38. The average molecular weight is 179 g/mol. The highest BCUT2D eigenvalue weighted by molar-refractivity contribution is 5.19. The van der Waals surface area contributed by atoms with E-state index in [4.69, 9.17) is 15.2 Å². The van der Waals surface area contributed by atoms with Crippen LogP contribution in [-0.2, 0) is 9.47 Å². The minimum Gasteiger partial charge on any atom is -0.354 e. The summed E-state index contributed by atoms with van der Waals surface area (Å²) in [6.07, 6.45) is -0.0186. The lowest BCUT2D eigenvalue weighted by atomic mass is 10.0. The maximum Gasteiger partial charge on any atom is 0.147 e. The number of rotatable bonds is 1. The third-order valence-electron chi connectivity index (χ3n) is 2.16. The Balaban J connectivity index is 2.15. The summed E-state index contributed by atoms with van der Waals surface area (Å²) < 4.78 is 10.5. The maximum atomic E-state index is 5.86. The number of nitrogens with two attached hydrogens (primary N) is 1. The number of benzene rings is 1. The van der Waals surface area contributed by atoms with Crippen LogP contribution < -0.4 is 5.73 Å². The van der Waals surface area contributed by atoms with E-state index in [-0.39, 0.29) is 12.1 Å². The van der Waals surface area contributed by atoms with Gasteiger partial charge in [-0.1, -0.05) is 30.3 Å². The van der Waals surface area contributed by atoms with Crippen molar-refractivity contribution in [1.82, 2.24) is 0 Å². The summed E-state index contributed by atoms with van der Waals surface area (Å²) in [6, 6.07) is 9.94. The molecule has 1 aromatic carbocycles. The van der Waals surface area contributed by atoms with E-state index in [1.54, 1.807) is 0 Å². The van der Waals surface area contributed by atoms with E-state index in [0.717, 1.165) is 5.56 Å². The predicted molar refractivity (Wildman–Crippen MR) is 49.1 cm³/mol. The van der Waals surface area contributed by atoms with E-state index in [2.05, 4.69) is 0 Å². The van der Waals surface area contributed by atoms with Crippen molar-refractivity contribution in [3.63, 3.8) is 0 Å². The first kappa shape index (κ1) is 8.69. The fourth-order valence-corrected chi connectivity index (χ4v) is 1.50. The SMILES string of the molecule is N[C@H]1COCO[C@H]1c1ccccc1. The summed E-state index contributed by atoms with van der Waals surface area (Å²) in [5.41, 5.74) is 6.98. The van der Waals surface area contributed by atoms with E-state index in [9.17, 15) is 0 Å². The Labute approximate surface area is 77.5 Å². The summed E-state index contributed by atoms with van der Waals surface area (Å²) in [5.74, 6) is 0. The zero-order valence-corrected chi connectivity index (χ0v) is 7.35. The summed E-state index contributed by atoms with van der Waals surface area (Å²) in [7, 11) is 0. The highest BCUT2D eigenvalue weighted by Crippen LogP contribution is 2.22. The smallest absolute Gasteiger partial charge is 0.147 e. The van der Waals surface area contributed by atoms with Gasteiger partial charge in [-0.15, -0.1) is 0 Å². The Hall–Kier alpha value is -0.900. The average Bonchev–Trinajstić information content (AvgIpc) is 2.20. The molecule has 0 aromatic heterocycles. The molecule has 1 aromatic rings. The van der Waals surface area contributed by atoms with Crippen LogP contribution in [0.15, 0.2) is 30.3 Å². The van der Waals surface area contributed by atoms with Crippen molar-refractivity contribution in [2.45, 2.75) is 12.1 Å². The van der Waals surface area contributed by atoms with Crippen molar-refractivity contribution >= 4 is 0 Å². The Bertz CT molecular complexity index is 263. The Morgan fingerprint density at radius 1 is 1.23 bits per heavy atom. The van der Waals surface area contributed by atoms with Crippen LogP contribution in [-0.4, -0.2) is 19.4 Å². The van der Waals surface area contributed by atoms with E-state index in [1.807, 2.05) is 30.3 Å². The van der Waals surface area contributed by atoms with Crippen LogP contribution in [0, 0.1) is 0 Å². The standard InChI is InChI=1S/C10H13NO2/c11-9-6-12-7-13-10(9)8-4-2-1-3-5-8/h1-5,9-10H,6-7,11H2/t9-,10-/m0/s1. The van der Waals surface area contributed by atoms with Crippen LogP contribution in [0.1, 0.15) is 11.7 Å². The van der Waals surface area contributed by atoms with Gasteiger partial charge < -0.3 is 15.2 Å². The van der Waals surface area contributed by atoms with Crippen molar-refractivity contribution in [2.24, 2.45) is 5.73 Å². The molecule has 0 saturated carbocycles. The monoisotopic (exact) mass is 179 g/mol. The minimum atomic E-state index is -0.0591. The lowest BCUT2D eigenvalue weighted by Gasteiger charge is -2.29. The Kier molecular flexibility index (Phi) is 2.59. The molecule has 0 bridgehead atoms. The zero-order chi connectivity index (χ0) is 9.10. The molecule has 3 nitrogen and oxygen atoms in total. The van der Waals surface area contributed by atoms with E-state index in [0.29, 0.717) is 13.4 Å². The quantitative estimate of drug-likeness (QED) is 0.701. The van der Waals surface area contributed by atoms with Gasteiger partial charge in [0.05, 0.1) is 12.6 Å². The number of ether oxygens (including phenoxy) is 2. The summed E-state index contributed by atoms with van der Waals surface area (Å²) >= 11 is 0. The van der Waals surface area contributed by atoms with Gasteiger partial charge in [0.15, 0.2) is 0 Å². The topological polar surface area (TPSA) is 44.5 Å². The molecule has 0 radical (unpaired) electrons. The van der Waals surface area contributed by atoms with Crippen molar-refractivity contribution in [2.75, 3.05) is 13.4 Å². The third-order valence-corrected chi connectivity index (χ3v) is 2.16. The van der Waals surface area contributed by atoms with Crippen molar-refractivity contribution in [3.05, 3.63) is 35.9 Å². The molecule has 1 aliphatic heterocycles. The molecule has 0 spiro atoms. The summed E-state index contributed by atoms with van der Waals surface area (Å²) in [4.78, 5) is 0. The van der Waals surface area contributed by atoms with Crippen molar-refractivity contribution in [1.29, 1.82) is 0 Å². The molecular weight excluding hydrogens is 166 g/mol. The van der Waals surface area contributed by atoms with E-state index >= 15 is 0 Å². The molecule has 13 heavy (non-hydrogen) atoms. The van der Waals surface area contributed by atoms with Gasteiger partial charge >= 0.3 is 0 Å². The van der Waals surface area contributed by atoms with Crippen LogP contribution in [0.5, 0.6) is 0 Å². The molecule has 2 atom stereocenters. The first-order valence-corrected chi connectivity index (χ1v) is 4.38. The predicted octanol–water partition coefficient (Wildman–Crippen LogP) is 1.06.